The predicted molar refractivity (Wildman–Crippen MR) is 159 cm³/mol. The number of anilines is 2. The van der Waals surface area contributed by atoms with Gasteiger partial charge in [0, 0.05) is 11.6 Å². The first-order valence-corrected chi connectivity index (χ1v) is 15.0. The van der Waals surface area contributed by atoms with Crippen molar-refractivity contribution in [3.8, 4) is 11.5 Å². The third-order valence-electron chi connectivity index (χ3n) is 5.91. The van der Waals surface area contributed by atoms with Crippen LogP contribution in [0, 0.1) is 12.8 Å². The van der Waals surface area contributed by atoms with Crippen molar-refractivity contribution in [1.29, 1.82) is 0 Å². The maximum Gasteiger partial charge on any atom is 0.313 e. The second kappa shape index (κ2) is 13.1. The molecule has 3 rings (SSSR count). The lowest BCUT2D eigenvalue weighted by atomic mass is 10.1. The Morgan fingerprint density at radius 2 is 1.49 bits per heavy atom. The van der Waals surface area contributed by atoms with Crippen molar-refractivity contribution < 1.29 is 32.6 Å². The minimum absolute atomic E-state index is 0.00317. The first-order chi connectivity index (χ1) is 19.1. The first kappa shape index (κ1) is 32.2. The van der Waals surface area contributed by atoms with E-state index in [0.717, 1.165) is 11.6 Å². The van der Waals surface area contributed by atoms with E-state index in [1.165, 1.54) is 30.3 Å². The molecule has 0 saturated carbocycles. The number of aryl methyl sites for hydroxylation is 1. The van der Waals surface area contributed by atoms with Crippen LogP contribution in [0.15, 0.2) is 53.4 Å². The number of sulfone groups is 1. The van der Waals surface area contributed by atoms with E-state index in [1.807, 2.05) is 6.92 Å². The van der Waals surface area contributed by atoms with Crippen molar-refractivity contribution >= 4 is 73.8 Å². The SMILES string of the molecule is CCC(C(=O)Nc1cc(O)c(NC(=O)c2cc(Cl)c(OC(=O)C(C)C)c(Cl)c2)cc1Cl)S(=O)(=O)c1ccc(C)cc1. The summed E-state index contributed by atoms with van der Waals surface area (Å²) in [6.45, 7) is 6.65. The Hall–Kier alpha value is -3.31. The molecule has 3 aromatic carbocycles. The highest BCUT2D eigenvalue weighted by molar-refractivity contribution is 7.92. The summed E-state index contributed by atoms with van der Waals surface area (Å²) in [7, 11) is -4.01. The van der Waals surface area contributed by atoms with Gasteiger partial charge in [-0.15, -0.1) is 0 Å². The molecule has 0 radical (unpaired) electrons. The molecular weight excluding hydrogens is 615 g/mol. The number of benzene rings is 3. The number of amides is 2. The standard InChI is InChI=1S/C28H27Cl3N2O7S/c1-5-24(41(38,39)17-8-6-15(4)7-9-17)27(36)32-21-13-23(34)22(12-18(21)29)33-26(35)16-10-19(30)25(20(31)11-16)40-28(37)14(2)3/h6-14,24,34H,5H2,1-4H3,(H,32,36)(H,33,35). The van der Waals surface area contributed by atoms with E-state index < -0.39 is 44.5 Å². The number of aromatic hydroxyl groups is 1. The molecule has 2 amide bonds. The van der Waals surface area contributed by atoms with Gasteiger partial charge in [0.2, 0.25) is 5.91 Å². The molecule has 3 N–H and O–H groups in total. The summed E-state index contributed by atoms with van der Waals surface area (Å²) in [5.41, 5.74) is 0.683. The molecule has 0 saturated heterocycles. The molecule has 9 nitrogen and oxygen atoms in total. The molecule has 0 fully saturated rings. The van der Waals surface area contributed by atoms with Gasteiger partial charge in [0.15, 0.2) is 15.6 Å². The van der Waals surface area contributed by atoms with Crippen LogP contribution in [0.2, 0.25) is 15.1 Å². The van der Waals surface area contributed by atoms with E-state index in [9.17, 15) is 27.9 Å². The Morgan fingerprint density at radius 3 is 2.02 bits per heavy atom. The number of hydrogen-bond donors (Lipinski definition) is 3. The third kappa shape index (κ3) is 7.51. The van der Waals surface area contributed by atoms with Crippen LogP contribution < -0.4 is 15.4 Å². The Labute approximate surface area is 252 Å². The Balaban J connectivity index is 1.79. The van der Waals surface area contributed by atoms with E-state index >= 15 is 0 Å². The number of hydrogen-bond acceptors (Lipinski definition) is 7. The second-order valence-corrected chi connectivity index (χ2v) is 12.7. The summed E-state index contributed by atoms with van der Waals surface area (Å²) >= 11 is 18.7. The summed E-state index contributed by atoms with van der Waals surface area (Å²) < 4.78 is 31.4. The zero-order chi connectivity index (χ0) is 30.6. The van der Waals surface area contributed by atoms with Crippen LogP contribution in [-0.4, -0.2) is 36.6 Å². The largest absolute Gasteiger partial charge is 0.506 e. The highest BCUT2D eigenvalue weighted by Crippen LogP contribution is 2.37. The van der Waals surface area contributed by atoms with Crippen molar-refractivity contribution in [3.05, 3.63) is 74.7 Å². The third-order valence-corrected chi connectivity index (χ3v) is 9.01. The Morgan fingerprint density at radius 1 is 0.902 bits per heavy atom. The van der Waals surface area contributed by atoms with Crippen molar-refractivity contribution in [2.75, 3.05) is 10.6 Å². The molecule has 0 bridgehead atoms. The number of halogens is 3. The van der Waals surface area contributed by atoms with E-state index in [-0.39, 0.29) is 49.1 Å². The van der Waals surface area contributed by atoms with Gasteiger partial charge in [-0.1, -0.05) is 73.3 Å². The minimum Gasteiger partial charge on any atom is -0.506 e. The van der Waals surface area contributed by atoms with Gasteiger partial charge in [-0.25, -0.2) is 8.42 Å². The maximum absolute atomic E-state index is 13.1. The van der Waals surface area contributed by atoms with Crippen LogP contribution in [0.25, 0.3) is 0 Å². The predicted octanol–water partition coefficient (Wildman–Crippen LogP) is 6.67. The molecule has 13 heteroatoms. The zero-order valence-electron chi connectivity index (χ0n) is 22.4. The fourth-order valence-electron chi connectivity index (χ4n) is 3.61. The lowest BCUT2D eigenvalue weighted by Gasteiger charge is -2.18. The normalized spacial score (nSPS) is 12.1. The van der Waals surface area contributed by atoms with Crippen molar-refractivity contribution in [1.82, 2.24) is 0 Å². The summed E-state index contributed by atoms with van der Waals surface area (Å²) in [6, 6.07) is 10.9. The number of esters is 1. The Kier molecular flexibility index (Phi) is 10.3. The van der Waals surface area contributed by atoms with Crippen LogP contribution in [0.3, 0.4) is 0 Å². The average Bonchev–Trinajstić information content (AvgIpc) is 2.89. The Bertz CT molecular complexity index is 1580. The molecule has 0 aliphatic heterocycles. The number of rotatable bonds is 9. The molecule has 0 aliphatic rings. The van der Waals surface area contributed by atoms with Crippen LogP contribution >= 0.6 is 34.8 Å². The highest BCUT2D eigenvalue weighted by Gasteiger charge is 2.33. The first-order valence-electron chi connectivity index (χ1n) is 12.3. The number of carbonyl (C=O) groups excluding carboxylic acids is 3. The van der Waals surface area contributed by atoms with Gasteiger partial charge in [-0.2, -0.15) is 0 Å². The van der Waals surface area contributed by atoms with Crippen LogP contribution in [0.4, 0.5) is 11.4 Å². The van der Waals surface area contributed by atoms with Crippen LogP contribution in [0.5, 0.6) is 11.5 Å². The molecule has 3 aromatic rings. The molecule has 218 valence electrons. The van der Waals surface area contributed by atoms with Crippen molar-refractivity contribution in [3.63, 3.8) is 0 Å². The zero-order valence-corrected chi connectivity index (χ0v) is 25.5. The van der Waals surface area contributed by atoms with Crippen LogP contribution in [0.1, 0.15) is 43.1 Å². The van der Waals surface area contributed by atoms with Gasteiger partial charge < -0.3 is 20.5 Å². The summed E-state index contributed by atoms with van der Waals surface area (Å²) in [4.78, 5) is 37.7. The summed E-state index contributed by atoms with van der Waals surface area (Å²) in [5, 5.41) is 13.8. The molecule has 0 aromatic heterocycles. The molecular formula is C28H27Cl3N2O7S. The molecule has 0 aliphatic carbocycles. The average molecular weight is 642 g/mol. The molecule has 0 heterocycles. The second-order valence-electron chi connectivity index (χ2n) is 9.39. The minimum atomic E-state index is -4.01. The van der Waals surface area contributed by atoms with Crippen molar-refractivity contribution in [2.45, 2.75) is 44.3 Å². The number of ether oxygens (including phenoxy) is 1. The van der Waals surface area contributed by atoms with Gasteiger partial charge in [0.25, 0.3) is 5.91 Å². The monoisotopic (exact) mass is 640 g/mol. The maximum atomic E-state index is 13.1. The summed E-state index contributed by atoms with van der Waals surface area (Å²) in [5.74, 6) is -3.12. The molecule has 0 spiro atoms. The van der Waals surface area contributed by atoms with Gasteiger partial charge in [-0.05, 0) is 43.7 Å². The molecule has 41 heavy (non-hydrogen) atoms. The van der Waals surface area contributed by atoms with Gasteiger partial charge in [0.1, 0.15) is 11.0 Å². The van der Waals surface area contributed by atoms with Gasteiger partial charge in [-0.3, -0.25) is 14.4 Å². The van der Waals surface area contributed by atoms with Gasteiger partial charge >= 0.3 is 5.97 Å². The quantitative estimate of drug-likeness (QED) is 0.135. The smallest absolute Gasteiger partial charge is 0.313 e. The number of phenols is 1. The fourth-order valence-corrected chi connectivity index (χ4v) is 6.01. The number of nitrogens with one attached hydrogen (secondary N) is 2. The van der Waals surface area contributed by atoms with E-state index in [1.54, 1.807) is 32.9 Å². The number of carbonyl (C=O) groups is 3. The lowest BCUT2D eigenvalue weighted by molar-refractivity contribution is -0.137. The van der Waals surface area contributed by atoms with Gasteiger partial charge in [0.05, 0.1) is 37.3 Å². The molecule has 1 unspecified atom stereocenters. The van der Waals surface area contributed by atoms with Crippen LogP contribution in [-0.2, 0) is 19.4 Å². The lowest BCUT2D eigenvalue weighted by Crippen LogP contribution is -2.34. The van der Waals surface area contributed by atoms with E-state index in [4.69, 9.17) is 39.5 Å². The topological polar surface area (TPSA) is 139 Å². The highest BCUT2D eigenvalue weighted by atomic mass is 35.5. The van der Waals surface area contributed by atoms with Crippen molar-refractivity contribution in [2.24, 2.45) is 5.92 Å². The van der Waals surface area contributed by atoms with E-state index in [0.29, 0.717) is 0 Å². The van der Waals surface area contributed by atoms with E-state index in [2.05, 4.69) is 10.6 Å². The summed E-state index contributed by atoms with van der Waals surface area (Å²) in [6.07, 6.45) is -0.0135. The fraction of sp³-hybridized carbons (Fsp3) is 0.250. The number of phenolic OH excluding ortho intramolecular Hbond substituents is 1. The molecule has 1 atom stereocenters.